The first kappa shape index (κ1) is 21.3. The molecule has 0 fully saturated rings. The quantitative estimate of drug-likeness (QED) is 0.363. The number of anilines is 1. The highest BCUT2D eigenvalue weighted by Gasteiger charge is 2.21. The Labute approximate surface area is 184 Å². The SMILES string of the molecule is COCCCOc1ccc(-c2nc(C(N)=O)c(N)c(-c3c(C)ccc4[nH]ncc34)n2)cc1. The molecule has 2 aromatic carbocycles. The van der Waals surface area contributed by atoms with Crippen LogP contribution in [0.25, 0.3) is 33.5 Å². The molecule has 5 N–H and O–H groups in total. The molecule has 164 valence electrons. The highest BCUT2D eigenvalue weighted by molar-refractivity contribution is 6.04. The van der Waals surface area contributed by atoms with Crippen LogP contribution in [0.1, 0.15) is 22.5 Å². The van der Waals surface area contributed by atoms with E-state index >= 15 is 0 Å². The zero-order chi connectivity index (χ0) is 22.7. The average molecular weight is 432 g/mol. The molecule has 4 aromatic rings. The summed E-state index contributed by atoms with van der Waals surface area (Å²) in [4.78, 5) is 21.2. The topological polar surface area (TPSA) is 142 Å². The summed E-state index contributed by atoms with van der Waals surface area (Å²) >= 11 is 0. The van der Waals surface area contributed by atoms with Crippen LogP contribution in [0.5, 0.6) is 5.75 Å². The molecular weight excluding hydrogens is 408 g/mol. The van der Waals surface area contributed by atoms with Crippen LogP contribution >= 0.6 is 0 Å². The molecule has 2 heterocycles. The van der Waals surface area contributed by atoms with Crippen molar-refractivity contribution in [1.29, 1.82) is 0 Å². The molecule has 9 nitrogen and oxygen atoms in total. The van der Waals surface area contributed by atoms with Gasteiger partial charge in [0, 0.05) is 36.7 Å². The smallest absolute Gasteiger partial charge is 0.269 e. The van der Waals surface area contributed by atoms with Crippen molar-refractivity contribution in [3.8, 4) is 28.4 Å². The number of aromatic nitrogens is 4. The predicted octanol–water partition coefficient (Wildman–Crippen LogP) is 3.09. The molecule has 0 unspecified atom stereocenters. The average Bonchev–Trinajstić information content (AvgIpc) is 3.26. The lowest BCUT2D eigenvalue weighted by molar-refractivity contribution is 0.0996. The van der Waals surface area contributed by atoms with E-state index in [1.54, 1.807) is 13.3 Å². The van der Waals surface area contributed by atoms with Gasteiger partial charge < -0.3 is 20.9 Å². The van der Waals surface area contributed by atoms with E-state index in [9.17, 15) is 4.79 Å². The Morgan fingerprint density at radius 3 is 2.59 bits per heavy atom. The third kappa shape index (κ3) is 4.10. The standard InChI is InChI=1S/C23H24N6O3/c1-13-4-9-17-16(12-26-29-17)18(13)20-19(24)21(22(25)30)28-23(27-20)14-5-7-15(8-6-14)32-11-3-10-31-2/h4-9,12H,3,10-11,24H2,1-2H3,(H2,25,30)(H,26,29). The normalized spacial score (nSPS) is 11.1. The van der Waals surface area contributed by atoms with Gasteiger partial charge in [0.05, 0.1) is 29.7 Å². The van der Waals surface area contributed by atoms with Gasteiger partial charge in [-0.1, -0.05) is 6.07 Å². The summed E-state index contributed by atoms with van der Waals surface area (Å²) in [5.41, 5.74) is 15.7. The highest BCUT2D eigenvalue weighted by Crippen LogP contribution is 2.35. The number of aromatic amines is 1. The Bertz CT molecular complexity index is 1270. The van der Waals surface area contributed by atoms with E-state index in [4.69, 9.17) is 25.9 Å². The lowest BCUT2D eigenvalue weighted by atomic mass is 9.99. The van der Waals surface area contributed by atoms with Gasteiger partial charge in [0.1, 0.15) is 5.75 Å². The Morgan fingerprint density at radius 1 is 1.09 bits per heavy atom. The summed E-state index contributed by atoms with van der Waals surface area (Å²) in [7, 11) is 1.66. The molecule has 1 amide bonds. The third-order valence-electron chi connectivity index (χ3n) is 5.12. The molecule has 0 aliphatic carbocycles. The zero-order valence-corrected chi connectivity index (χ0v) is 17.9. The van der Waals surface area contributed by atoms with Crippen molar-refractivity contribution in [3.63, 3.8) is 0 Å². The van der Waals surface area contributed by atoms with Crippen molar-refractivity contribution in [2.24, 2.45) is 5.73 Å². The van der Waals surface area contributed by atoms with Gasteiger partial charge in [0.15, 0.2) is 11.5 Å². The van der Waals surface area contributed by atoms with Gasteiger partial charge in [0.2, 0.25) is 0 Å². The van der Waals surface area contributed by atoms with Crippen LogP contribution in [0.3, 0.4) is 0 Å². The van der Waals surface area contributed by atoms with Crippen LogP contribution in [0, 0.1) is 6.92 Å². The predicted molar refractivity (Wildman–Crippen MR) is 122 cm³/mol. The summed E-state index contributed by atoms with van der Waals surface area (Å²) in [5, 5.41) is 7.91. The van der Waals surface area contributed by atoms with Crippen molar-refractivity contribution in [3.05, 3.63) is 53.9 Å². The molecule has 0 aliphatic heterocycles. The maximum absolute atomic E-state index is 12.1. The fraction of sp³-hybridized carbons (Fsp3) is 0.217. The third-order valence-corrected chi connectivity index (χ3v) is 5.12. The van der Waals surface area contributed by atoms with Crippen LogP contribution in [0.2, 0.25) is 0 Å². The van der Waals surface area contributed by atoms with Crippen molar-refractivity contribution >= 4 is 22.5 Å². The molecule has 2 aromatic heterocycles. The molecule has 4 rings (SSSR count). The van der Waals surface area contributed by atoms with Crippen molar-refractivity contribution in [2.45, 2.75) is 13.3 Å². The summed E-state index contributed by atoms with van der Waals surface area (Å²) in [6.07, 6.45) is 2.50. The number of nitrogens with one attached hydrogen (secondary N) is 1. The number of carbonyl (C=O) groups excluding carboxylic acids is 1. The lowest BCUT2D eigenvalue weighted by Gasteiger charge is -2.14. The van der Waals surface area contributed by atoms with Crippen LogP contribution in [0.15, 0.2) is 42.6 Å². The molecule has 0 bridgehead atoms. The fourth-order valence-corrected chi connectivity index (χ4v) is 3.51. The number of H-pyrrole nitrogens is 1. The molecule has 9 heteroatoms. The summed E-state index contributed by atoms with van der Waals surface area (Å²) < 4.78 is 10.7. The number of amides is 1. The minimum atomic E-state index is -0.720. The molecule has 32 heavy (non-hydrogen) atoms. The number of aryl methyl sites for hydroxylation is 1. The minimum Gasteiger partial charge on any atom is -0.494 e. The largest absolute Gasteiger partial charge is 0.494 e. The molecular formula is C23H24N6O3. The number of nitrogens with two attached hydrogens (primary N) is 2. The fourth-order valence-electron chi connectivity index (χ4n) is 3.51. The summed E-state index contributed by atoms with van der Waals surface area (Å²) in [6.45, 7) is 3.14. The molecule has 0 atom stereocenters. The number of hydrogen-bond acceptors (Lipinski definition) is 7. The second-order valence-corrected chi connectivity index (χ2v) is 7.33. The van der Waals surface area contributed by atoms with E-state index in [0.29, 0.717) is 30.3 Å². The first-order chi connectivity index (χ1) is 15.5. The molecule has 0 saturated heterocycles. The summed E-state index contributed by atoms with van der Waals surface area (Å²) in [6, 6.07) is 11.2. The second kappa shape index (κ2) is 9.03. The molecule has 0 radical (unpaired) electrons. The number of nitrogens with zero attached hydrogens (tertiary/aromatic N) is 3. The number of benzene rings is 2. The van der Waals surface area contributed by atoms with Crippen molar-refractivity contribution < 1.29 is 14.3 Å². The number of hydrogen-bond donors (Lipinski definition) is 3. The second-order valence-electron chi connectivity index (χ2n) is 7.33. The Hall–Kier alpha value is -3.98. The van der Waals surface area contributed by atoms with Gasteiger partial charge in [-0.2, -0.15) is 5.10 Å². The number of primary amides is 1. The Morgan fingerprint density at radius 2 is 1.88 bits per heavy atom. The van der Waals surface area contributed by atoms with Gasteiger partial charge in [-0.05, 0) is 42.8 Å². The van der Waals surface area contributed by atoms with E-state index in [2.05, 4.69) is 15.2 Å². The number of ether oxygens (including phenoxy) is 2. The van der Waals surface area contributed by atoms with E-state index in [1.165, 1.54) is 0 Å². The monoisotopic (exact) mass is 432 g/mol. The minimum absolute atomic E-state index is 0.0233. The number of carbonyl (C=O) groups is 1. The maximum atomic E-state index is 12.1. The Balaban J connectivity index is 1.78. The van der Waals surface area contributed by atoms with Crippen LogP contribution in [-0.2, 0) is 4.74 Å². The van der Waals surface area contributed by atoms with Gasteiger partial charge in [0.25, 0.3) is 5.91 Å². The van der Waals surface area contributed by atoms with Gasteiger partial charge in [-0.15, -0.1) is 0 Å². The maximum Gasteiger partial charge on any atom is 0.269 e. The molecule has 0 spiro atoms. The van der Waals surface area contributed by atoms with Crippen LogP contribution in [-0.4, -0.2) is 46.4 Å². The lowest BCUT2D eigenvalue weighted by Crippen LogP contribution is -2.18. The molecule has 0 saturated carbocycles. The van der Waals surface area contributed by atoms with Crippen LogP contribution in [0.4, 0.5) is 5.69 Å². The zero-order valence-electron chi connectivity index (χ0n) is 17.9. The van der Waals surface area contributed by atoms with Gasteiger partial charge in [-0.3, -0.25) is 9.89 Å². The van der Waals surface area contributed by atoms with Gasteiger partial charge >= 0.3 is 0 Å². The summed E-state index contributed by atoms with van der Waals surface area (Å²) in [5.74, 6) is 0.339. The van der Waals surface area contributed by atoms with Gasteiger partial charge in [-0.25, -0.2) is 9.97 Å². The van der Waals surface area contributed by atoms with E-state index in [-0.39, 0.29) is 11.4 Å². The van der Waals surface area contributed by atoms with Crippen molar-refractivity contribution in [1.82, 2.24) is 20.2 Å². The van der Waals surface area contributed by atoms with E-state index in [1.807, 2.05) is 43.3 Å². The van der Waals surface area contributed by atoms with E-state index in [0.717, 1.165) is 34.2 Å². The molecule has 0 aliphatic rings. The van der Waals surface area contributed by atoms with E-state index < -0.39 is 5.91 Å². The highest BCUT2D eigenvalue weighted by atomic mass is 16.5. The number of methoxy groups -OCH3 is 1. The Kier molecular flexibility index (Phi) is 6.00. The number of fused-ring (bicyclic) bond motifs is 1. The number of nitrogen functional groups attached to an aromatic ring is 1. The first-order valence-corrected chi connectivity index (χ1v) is 10.1. The first-order valence-electron chi connectivity index (χ1n) is 10.1. The number of rotatable bonds is 8. The van der Waals surface area contributed by atoms with Crippen LogP contribution < -0.4 is 16.2 Å². The van der Waals surface area contributed by atoms with Crippen molar-refractivity contribution in [2.75, 3.05) is 26.1 Å².